The van der Waals surface area contributed by atoms with Gasteiger partial charge in [0, 0.05) is 24.9 Å². The summed E-state index contributed by atoms with van der Waals surface area (Å²) in [6.45, 7) is 2.66. The molecule has 1 saturated heterocycles. The number of hydrogen-bond donors (Lipinski definition) is 1. The lowest BCUT2D eigenvalue weighted by Crippen LogP contribution is -2.35. The highest BCUT2D eigenvalue weighted by Gasteiger charge is 2.22. The second-order valence-electron chi connectivity index (χ2n) is 5.85. The van der Waals surface area contributed by atoms with Crippen molar-refractivity contribution in [3.63, 3.8) is 0 Å². The van der Waals surface area contributed by atoms with Crippen LogP contribution < -0.4 is 0 Å². The van der Waals surface area contributed by atoms with Crippen LogP contribution in [0, 0.1) is 11.7 Å². The Balaban J connectivity index is 1.57. The Kier molecular flexibility index (Phi) is 4.97. The standard InChI is InChI=1S/C16H18FN3O2S/c17-12-3-4-13(18-7-12)9-20-5-1-2-11(8-20)6-15-19-14(10-23-15)16(21)22/h3-4,7,10-11H,1-2,5-6,8-9H2,(H,21,22). The number of pyridine rings is 1. The third-order valence-corrected chi connectivity index (χ3v) is 4.88. The molecule has 1 fully saturated rings. The number of carbonyl (C=O) groups is 1. The first-order chi connectivity index (χ1) is 11.1. The quantitative estimate of drug-likeness (QED) is 0.910. The van der Waals surface area contributed by atoms with Crippen molar-refractivity contribution in [3.8, 4) is 0 Å². The zero-order valence-corrected chi connectivity index (χ0v) is 13.4. The van der Waals surface area contributed by atoms with Crippen LogP contribution in [0.4, 0.5) is 4.39 Å². The van der Waals surface area contributed by atoms with Crippen LogP contribution in [0.1, 0.15) is 34.0 Å². The van der Waals surface area contributed by atoms with E-state index in [1.54, 1.807) is 11.4 Å². The first kappa shape index (κ1) is 16.0. The van der Waals surface area contributed by atoms with E-state index in [0.717, 1.165) is 49.6 Å². The van der Waals surface area contributed by atoms with Gasteiger partial charge in [0.2, 0.25) is 0 Å². The van der Waals surface area contributed by atoms with E-state index in [9.17, 15) is 9.18 Å². The topological polar surface area (TPSA) is 66.3 Å². The Morgan fingerprint density at radius 1 is 1.48 bits per heavy atom. The van der Waals surface area contributed by atoms with E-state index in [1.165, 1.54) is 23.6 Å². The number of rotatable bonds is 5. The average molecular weight is 335 g/mol. The second-order valence-corrected chi connectivity index (χ2v) is 6.79. The van der Waals surface area contributed by atoms with Crippen molar-refractivity contribution in [2.45, 2.75) is 25.8 Å². The third kappa shape index (κ3) is 4.33. The Bertz CT molecular complexity index is 674. The summed E-state index contributed by atoms with van der Waals surface area (Å²) in [5.74, 6) is -0.819. The number of nitrogens with zero attached hydrogens (tertiary/aromatic N) is 3. The van der Waals surface area contributed by atoms with Gasteiger partial charge in [0.05, 0.1) is 16.9 Å². The van der Waals surface area contributed by atoms with E-state index in [-0.39, 0.29) is 11.5 Å². The average Bonchev–Trinajstić information content (AvgIpc) is 2.99. The van der Waals surface area contributed by atoms with Crippen LogP contribution in [-0.4, -0.2) is 39.0 Å². The van der Waals surface area contributed by atoms with Crippen LogP contribution in [0.15, 0.2) is 23.7 Å². The predicted octanol–water partition coefficient (Wildman–Crippen LogP) is 2.83. The summed E-state index contributed by atoms with van der Waals surface area (Å²) in [5.41, 5.74) is 1.00. The van der Waals surface area contributed by atoms with Crippen LogP contribution in [0.25, 0.3) is 0 Å². The maximum absolute atomic E-state index is 12.9. The highest BCUT2D eigenvalue weighted by Crippen LogP contribution is 2.23. The Hall–Kier alpha value is -1.86. The largest absolute Gasteiger partial charge is 0.476 e. The maximum atomic E-state index is 12.9. The van der Waals surface area contributed by atoms with Crippen LogP contribution in [-0.2, 0) is 13.0 Å². The Morgan fingerprint density at radius 2 is 2.35 bits per heavy atom. The van der Waals surface area contributed by atoms with Gasteiger partial charge < -0.3 is 5.11 Å². The zero-order chi connectivity index (χ0) is 16.2. The number of thiazole rings is 1. The van der Waals surface area contributed by atoms with Crippen LogP contribution in [0.3, 0.4) is 0 Å². The van der Waals surface area contributed by atoms with Crippen molar-refractivity contribution >= 4 is 17.3 Å². The lowest BCUT2D eigenvalue weighted by Gasteiger charge is -2.32. The molecule has 122 valence electrons. The van der Waals surface area contributed by atoms with E-state index in [0.29, 0.717) is 5.92 Å². The monoisotopic (exact) mass is 335 g/mol. The number of hydrogen-bond acceptors (Lipinski definition) is 5. The van der Waals surface area contributed by atoms with E-state index in [1.807, 2.05) is 0 Å². The molecule has 1 unspecified atom stereocenters. The smallest absolute Gasteiger partial charge is 0.355 e. The molecule has 2 aromatic heterocycles. The summed E-state index contributed by atoms with van der Waals surface area (Å²) >= 11 is 1.41. The highest BCUT2D eigenvalue weighted by molar-refractivity contribution is 7.09. The molecule has 0 saturated carbocycles. The first-order valence-electron chi connectivity index (χ1n) is 7.60. The summed E-state index contributed by atoms with van der Waals surface area (Å²) in [6.07, 6.45) is 4.28. The minimum atomic E-state index is -0.972. The van der Waals surface area contributed by atoms with Crippen molar-refractivity contribution in [1.29, 1.82) is 0 Å². The van der Waals surface area contributed by atoms with Crippen LogP contribution >= 0.6 is 11.3 Å². The summed E-state index contributed by atoms with van der Waals surface area (Å²) in [5, 5.41) is 11.4. The molecule has 3 heterocycles. The number of piperidine rings is 1. The number of aromatic carboxylic acids is 1. The van der Waals surface area contributed by atoms with Crippen LogP contribution in [0.5, 0.6) is 0 Å². The van der Waals surface area contributed by atoms with Gasteiger partial charge in [0.25, 0.3) is 0 Å². The molecule has 7 heteroatoms. The molecule has 1 aliphatic heterocycles. The van der Waals surface area contributed by atoms with Crippen molar-refractivity contribution in [1.82, 2.24) is 14.9 Å². The summed E-state index contributed by atoms with van der Waals surface area (Å²) < 4.78 is 12.9. The van der Waals surface area contributed by atoms with Gasteiger partial charge >= 0.3 is 5.97 Å². The molecule has 2 aromatic rings. The van der Waals surface area contributed by atoms with Gasteiger partial charge in [-0.05, 0) is 37.4 Å². The molecule has 1 aliphatic rings. The molecule has 23 heavy (non-hydrogen) atoms. The van der Waals surface area contributed by atoms with Crippen molar-refractivity contribution < 1.29 is 14.3 Å². The van der Waals surface area contributed by atoms with Gasteiger partial charge in [-0.3, -0.25) is 9.88 Å². The summed E-state index contributed by atoms with van der Waals surface area (Å²) in [7, 11) is 0. The molecule has 1 N–H and O–H groups in total. The van der Waals surface area contributed by atoms with Crippen molar-refractivity contribution in [2.75, 3.05) is 13.1 Å². The normalized spacial score (nSPS) is 18.9. The molecular formula is C16H18FN3O2S. The van der Waals surface area contributed by atoms with Gasteiger partial charge in [-0.1, -0.05) is 0 Å². The fourth-order valence-corrected chi connectivity index (χ4v) is 3.82. The SMILES string of the molecule is O=C(O)c1csc(CC2CCCN(Cc3ccc(F)cn3)C2)n1. The van der Waals surface area contributed by atoms with E-state index < -0.39 is 5.97 Å². The van der Waals surface area contributed by atoms with Gasteiger partial charge in [-0.2, -0.15) is 0 Å². The molecule has 0 bridgehead atoms. The van der Waals surface area contributed by atoms with Gasteiger partial charge in [-0.15, -0.1) is 11.3 Å². The van der Waals surface area contributed by atoms with Gasteiger partial charge in [0.1, 0.15) is 5.82 Å². The van der Waals surface area contributed by atoms with E-state index in [2.05, 4.69) is 14.9 Å². The number of aromatic nitrogens is 2. The summed E-state index contributed by atoms with van der Waals surface area (Å²) in [4.78, 5) is 21.5. The maximum Gasteiger partial charge on any atom is 0.355 e. The number of halogens is 1. The van der Waals surface area contributed by atoms with Gasteiger partial charge in [0.15, 0.2) is 5.69 Å². The molecule has 5 nitrogen and oxygen atoms in total. The molecular weight excluding hydrogens is 317 g/mol. The number of carboxylic acid groups (broad SMARTS) is 1. The number of carboxylic acids is 1. The summed E-state index contributed by atoms with van der Waals surface area (Å²) in [6, 6.07) is 3.16. The molecule has 3 rings (SSSR count). The molecule has 0 aliphatic carbocycles. The molecule has 0 radical (unpaired) electrons. The Labute approximate surface area is 137 Å². The number of likely N-dealkylation sites (tertiary alicyclic amines) is 1. The zero-order valence-electron chi connectivity index (χ0n) is 12.6. The minimum absolute atomic E-state index is 0.133. The highest BCUT2D eigenvalue weighted by atomic mass is 32.1. The fraction of sp³-hybridized carbons (Fsp3) is 0.438. The lowest BCUT2D eigenvalue weighted by atomic mass is 9.95. The minimum Gasteiger partial charge on any atom is -0.476 e. The predicted molar refractivity (Wildman–Crippen MR) is 85.0 cm³/mol. The fourth-order valence-electron chi connectivity index (χ4n) is 2.94. The second kappa shape index (κ2) is 7.14. The lowest BCUT2D eigenvalue weighted by molar-refractivity contribution is 0.0691. The van der Waals surface area contributed by atoms with E-state index >= 15 is 0 Å². The molecule has 1 atom stereocenters. The van der Waals surface area contributed by atoms with Crippen molar-refractivity contribution in [3.05, 3.63) is 45.9 Å². The first-order valence-corrected chi connectivity index (χ1v) is 8.48. The van der Waals surface area contributed by atoms with E-state index in [4.69, 9.17) is 5.11 Å². The molecule has 0 spiro atoms. The van der Waals surface area contributed by atoms with Gasteiger partial charge in [-0.25, -0.2) is 14.2 Å². The van der Waals surface area contributed by atoms with Crippen molar-refractivity contribution in [2.24, 2.45) is 5.92 Å². The molecule has 0 aromatic carbocycles. The molecule has 0 amide bonds. The van der Waals surface area contributed by atoms with Crippen LogP contribution in [0.2, 0.25) is 0 Å². The Morgan fingerprint density at radius 3 is 3.04 bits per heavy atom. The third-order valence-electron chi connectivity index (χ3n) is 4.01.